The molecule has 0 radical (unpaired) electrons. The zero-order chi connectivity index (χ0) is 16.9. The lowest BCUT2D eigenvalue weighted by Gasteiger charge is -2.42. The van der Waals surface area contributed by atoms with E-state index in [0.717, 1.165) is 32.1 Å². The molecule has 2 rings (SSSR count). The summed E-state index contributed by atoms with van der Waals surface area (Å²) in [6.45, 7) is 1.50. The Kier molecular flexibility index (Phi) is 6.45. The molecular formula is C16H30N2O4S. The van der Waals surface area contributed by atoms with Crippen LogP contribution in [-0.4, -0.2) is 57.2 Å². The predicted molar refractivity (Wildman–Crippen MR) is 89.6 cm³/mol. The van der Waals surface area contributed by atoms with Crippen molar-refractivity contribution in [2.75, 3.05) is 33.1 Å². The second-order valence-electron chi connectivity index (χ2n) is 7.01. The van der Waals surface area contributed by atoms with Gasteiger partial charge in [-0.15, -0.1) is 0 Å². The Balaban J connectivity index is 2.00. The van der Waals surface area contributed by atoms with Crippen LogP contribution in [0.4, 0.5) is 0 Å². The molecule has 0 atom stereocenters. The number of methoxy groups -OCH3 is 1. The molecule has 0 aromatic carbocycles. The highest BCUT2D eigenvalue weighted by atomic mass is 32.2. The van der Waals surface area contributed by atoms with Gasteiger partial charge < -0.3 is 10.1 Å². The number of hydrogen-bond acceptors (Lipinski definition) is 4. The van der Waals surface area contributed by atoms with Gasteiger partial charge in [-0.05, 0) is 32.1 Å². The summed E-state index contributed by atoms with van der Waals surface area (Å²) in [4.78, 5) is 12.6. The van der Waals surface area contributed by atoms with E-state index in [-0.39, 0.29) is 17.4 Å². The van der Waals surface area contributed by atoms with Crippen molar-refractivity contribution in [1.82, 2.24) is 9.62 Å². The van der Waals surface area contributed by atoms with Crippen LogP contribution in [0, 0.1) is 5.92 Å². The number of nitrogens with zero attached hydrogens (tertiary/aromatic N) is 1. The van der Waals surface area contributed by atoms with Crippen LogP contribution in [-0.2, 0) is 19.6 Å². The summed E-state index contributed by atoms with van der Waals surface area (Å²) >= 11 is 0. The molecule has 0 spiro atoms. The van der Waals surface area contributed by atoms with Crippen LogP contribution >= 0.6 is 0 Å². The van der Waals surface area contributed by atoms with Crippen LogP contribution in [0.3, 0.4) is 0 Å². The number of hydrogen-bond donors (Lipinski definition) is 1. The number of piperidine rings is 1. The van der Waals surface area contributed by atoms with Gasteiger partial charge in [0.25, 0.3) is 0 Å². The fraction of sp³-hybridized carbons (Fsp3) is 0.938. The summed E-state index contributed by atoms with van der Waals surface area (Å²) in [6.07, 6.45) is 8.72. The molecule has 134 valence electrons. The first kappa shape index (κ1) is 18.7. The SMILES string of the molecule is COCCC1(NC(=O)C2CCCCC2)CCN(S(C)(=O)=O)CC1. The number of ether oxygens (including phenoxy) is 1. The van der Waals surface area contributed by atoms with Gasteiger partial charge >= 0.3 is 0 Å². The maximum absolute atomic E-state index is 12.6. The fourth-order valence-electron chi connectivity index (χ4n) is 3.71. The normalized spacial score (nSPS) is 23.6. The van der Waals surface area contributed by atoms with E-state index in [2.05, 4.69) is 5.32 Å². The molecule has 2 fully saturated rings. The largest absolute Gasteiger partial charge is 0.385 e. The van der Waals surface area contributed by atoms with Gasteiger partial charge in [-0.2, -0.15) is 0 Å². The van der Waals surface area contributed by atoms with Gasteiger partial charge in [-0.3, -0.25) is 4.79 Å². The molecule has 23 heavy (non-hydrogen) atoms. The van der Waals surface area contributed by atoms with Crippen LogP contribution in [0.2, 0.25) is 0 Å². The minimum absolute atomic E-state index is 0.121. The van der Waals surface area contributed by atoms with Crippen molar-refractivity contribution in [3.8, 4) is 0 Å². The Bertz CT molecular complexity index is 492. The molecule has 1 aliphatic carbocycles. The van der Waals surface area contributed by atoms with Crippen molar-refractivity contribution in [1.29, 1.82) is 0 Å². The van der Waals surface area contributed by atoms with Gasteiger partial charge in [0.05, 0.1) is 6.26 Å². The highest BCUT2D eigenvalue weighted by molar-refractivity contribution is 7.88. The van der Waals surface area contributed by atoms with Crippen molar-refractivity contribution in [2.45, 2.75) is 56.9 Å². The van der Waals surface area contributed by atoms with E-state index in [9.17, 15) is 13.2 Å². The Labute approximate surface area is 140 Å². The monoisotopic (exact) mass is 346 g/mol. The van der Waals surface area contributed by atoms with Gasteiger partial charge in [0, 0.05) is 38.3 Å². The lowest BCUT2D eigenvalue weighted by molar-refractivity contribution is -0.128. The average molecular weight is 346 g/mol. The maximum Gasteiger partial charge on any atom is 0.223 e. The van der Waals surface area contributed by atoms with Gasteiger partial charge in [0.2, 0.25) is 15.9 Å². The molecule has 0 aromatic rings. The summed E-state index contributed by atoms with van der Waals surface area (Å²) in [5.74, 6) is 0.268. The van der Waals surface area contributed by atoms with Crippen molar-refractivity contribution in [3.63, 3.8) is 0 Å². The molecule has 0 aromatic heterocycles. The minimum Gasteiger partial charge on any atom is -0.385 e. The molecule has 1 amide bonds. The van der Waals surface area contributed by atoms with Crippen LogP contribution < -0.4 is 5.32 Å². The number of carbonyl (C=O) groups is 1. The quantitative estimate of drug-likeness (QED) is 0.791. The van der Waals surface area contributed by atoms with E-state index in [0.29, 0.717) is 32.5 Å². The number of sulfonamides is 1. The highest BCUT2D eigenvalue weighted by Crippen LogP contribution is 2.30. The summed E-state index contributed by atoms with van der Waals surface area (Å²) in [6, 6.07) is 0. The smallest absolute Gasteiger partial charge is 0.223 e. The van der Waals surface area contributed by atoms with E-state index in [1.165, 1.54) is 17.0 Å². The van der Waals surface area contributed by atoms with Crippen molar-refractivity contribution in [3.05, 3.63) is 0 Å². The second-order valence-corrected chi connectivity index (χ2v) is 8.99. The molecule has 6 nitrogen and oxygen atoms in total. The topological polar surface area (TPSA) is 75.7 Å². The van der Waals surface area contributed by atoms with Crippen molar-refractivity contribution < 1.29 is 17.9 Å². The number of carbonyl (C=O) groups excluding carboxylic acids is 1. The Morgan fingerprint density at radius 3 is 2.35 bits per heavy atom. The van der Waals surface area contributed by atoms with Gasteiger partial charge in [0.15, 0.2) is 0 Å². The first-order valence-corrected chi connectivity index (χ1v) is 10.5. The molecule has 1 heterocycles. The Morgan fingerprint density at radius 2 is 1.83 bits per heavy atom. The first-order valence-electron chi connectivity index (χ1n) is 8.62. The molecule has 0 bridgehead atoms. The van der Waals surface area contributed by atoms with Gasteiger partial charge in [0.1, 0.15) is 0 Å². The number of rotatable bonds is 6. The van der Waals surface area contributed by atoms with E-state index in [1.54, 1.807) is 7.11 Å². The standard InChI is InChI=1S/C16H30N2O4S/c1-22-13-10-16(8-11-18(12-9-16)23(2,20)21)17-15(19)14-6-4-3-5-7-14/h14H,3-13H2,1-2H3,(H,17,19). The summed E-state index contributed by atoms with van der Waals surface area (Å²) in [5, 5.41) is 3.27. The van der Waals surface area contributed by atoms with Crippen LogP contribution in [0.15, 0.2) is 0 Å². The number of nitrogens with one attached hydrogen (secondary N) is 1. The number of amides is 1. The average Bonchev–Trinajstić information content (AvgIpc) is 2.53. The van der Waals surface area contributed by atoms with Crippen LogP contribution in [0.5, 0.6) is 0 Å². The molecular weight excluding hydrogens is 316 g/mol. The second kappa shape index (κ2) is 7.94. The lowest BCUT2D eigenvalue weighted by Crippen LogP contribution is -2.57. The minimum atomic E-state index is -3.16. The van der Waals surface area contributed by atoms with E-state index < -0.39 is 10.0 Å². The van der Waals surface area contributed by atoms with Crippen molar-refractivity contribution in [2.24, 2.45) is 5.92 Å². The van der Waals surface area contributed by atoms with Crippen LogP contribution in [0.1, 0.15) is 51.4 Å². The van der Waals surface area contributed by atoms with Gasteiger partial charge in [-0.25, -0.2) is 12.7 Å². The summed E-state index contributed by atoms with van der Waals surface area (Å²) < 4.78 is 30.1. The maximum atomic E-state index is 12.6. The third kappa shape index (κ3) is 5.16. The molecule has 2 aliphatic rings. The molecule has 0 unspecified atom stereocenters. The molecule has 1 saturated carbocycles. The first-order chi connectivity index (χ1) is 10.9. The molecule has 1 aliphatic heterocycles. The summed E-state index contributed by atoms with van der Waals surface area (Å²) in [5.41, 5.74) is -0.328. The molecule has 7 heteroatoms. The van der Waals surface area contributed by atoms with Crippen LogP contribution in [0.25, 0.3) is 0 Å². The Morgan fingerprint density at radius 1 is 1.22 bits per heavy atom. The fourth-order valence-corrected chi connectivity index (χ4v) is 4.55. The van der Waals surface area contributed by atoms with E-state index in [1.807, 2.05) is 0 Å². The zero-order valence-electron chi connectivity index (χ0n) is 14.3. The highest BCUT2D eigenvalue weighted by Gasteiger charge is 2.39. The third-order valence-electron chi connectivity index (χ3n) is 5.30. The predicted octanol–water partition coefficient (Wildman–Crippen LogP) is 1.51. The molecule has 1 saturated heterocycles. The summed E-state index contributed by atoms with van der Waals surface area (Å²) in [7, 11) is -1.50. The zero-order valence-corrected chi connectivity index (χ0v) is 15.2. The molecule has 1 N–H and O–H groups in total. The third-order valence-corrected chi connectivity index (χ3v) is 6.60. The van der Waals surface area contributed by atoms with Gasteiger partial charge in [-0.1, -0.05) is 19.3 Å². The van der Waals surface area contributed by atoms with Crippen molar-refractivity contribution >= 4 is 15.9 Å². The van der Waals surface area contributed by atoms with E-state index >= 15 is 0 Å². The van der Waals surface area contributed by atoms with E-state index in [4.69, 9.17) is 4.74 Å². The Hall–Kier alpha value is -0.660. The lowest BCUT2D eigenvalue weighted by atomic mass is 9.83.